The maximum Gasteiger partial charge on any atom is 0.240 e. The van der Waals surface area contributed by atoms with Crippen molar-refractivity contribution in [2.45, 2.75) is 18.8 Å². The minimum atomic E-state index is -0.407. The summed E-state index contributed by atoms with van der Waals surface area (Å²) in [7, 11) is 1.56. The monoisotopic (exact) mass is 459 g/mol. The van der Waals surface area contributed by atoms with E-state index in [0.29, 0.717) is 28.4 Å². The van der Waals surface area contributed by atoms with Gasteiger partial charge in [-0.15, -0.1) is 0 Å². The van der Waals surface area contributed by atoms with E-state index in [9.17, 15) is 15.0 Å². The molecule has 3 N–H and O–H groups in total. The topological polar surface area (TPSA) is 110 Å². The molecular weight excluding hydrogens is 434 g/mol. The Morgan fingerprint density at radius 1 is 1.06 bits per heavy atom. The molecule has 3 heterocycles. The van der Waals surface area contributed by atoms with Crippen LogP contribution in [0.15, 0.2) is 65.4 Å². The fourth-order valence-electron chi connectivity index (χ4n) is 4.56. The van der Waals surface area contributed by atoms with Gasteiger partial charge in [-0.2, -0.15) is 0 Å². The van der Waals surface area contributed by atoms with Crippen LogP contribution in [-0.4, -0.2) is 45.9 Å². The Kier molecular flexibility index (Phi) is 5.81. The number of ether oxygens (including phenoxy) is 1. The van der Waals surface area contributed by atoms with E-state index in [4.69, 9.17) is 9.26 Å². The van der Waals surface area contributed by atoms with Crippen molar-refractivity contribution in [2.75, 3.05) is 20.2 Å². The second kappa shape index (κ2) is 9.07. The average molecular weight is 460 g/mol. The third-order valence-corrected chi connectivity index (χ3v) is 6.32. The summed E-state index contributed by atoms with van der Waals surface area (Å²) >= 11 is 0. The normalized spacial score (nSPS) is 14.3. The van der Waals surface area contributed by atoms with Crippen LogP contribution in [0.3, 0.4) is 0 Å². The Hall–Kier alpha value is -4.04. The number of carbonyl (C=O) groups excluding carboxylic acids is 1. The molecule has 0 unspecified atom stereocenters. The first-order valence-electron chi connectivity index (χ1n) is 11.2. The summed E-state index contributed by atoms with van der Waals surface area (Å²) in [6, 6.07) is 15.9. The fourth-order valence-corrected chi connectivity index (χ4v) is 4.56. The van der Waals surface area contributed by atoms with Crippen molar-refractivity contribution in [3.05, 3.63) is 77.7 Å². The highest BCUT2D eigenvalue weighted by Crippen LogP contribution is 2.44. The van der Waals surface area contributed by atoms with E-state index in [-0.39, 0.29) is 23.1 Å². The van der Waals surface area contributed by atoms with E-state index in [1.54, 1.807) is 42.0 Å². The molecule has 5 rings (SSSR count). The highest BCUT2D eigenvalue weighted by molar-refractivity contribution is 6.12. The molecule has 0 saturated carbocycles. The van der Waals surface area contributed by atoms with Crippen LogP contribution in [0.25, 0.3) is 16.9 Å². The number of methoxy groups -OCH3 is 1. The molecule has 8 nitrogen and oxygen atoms in total. The van der Waals surface area contributed by atoms with Gasteiger partial charge in [0.1, 0.15) is 17.7 Å². The molecule has 34 heavy (non-hydrogen) atoms. The van der Waals surface area contributed by atoms with E-state index in [1.165, 1.54) is 6.26 Å². The van der Waals surface area contributed by atoms with E-state index in [0.717, 1.165) is 31.5 Å². The summed E-state index contributed by atoms with van der Waals surface area (Å²) in [5, 5.41) is 29.3. The molecule has 1 aliphatic rings. The van der Waals surface area contributed by atoms with Crippen LogP contribution in [0.5, 0.6) is 17.4 Å². The van der Waals surface area contributed by atoms with Crippen LogP contribution < -0.4 is 10.1 Å². The Labute approximate surface area is 196 Å². The SMILES string of the molecule is COc1ccc(C(=O)c2c(O)c(O)n(-c3ccc(-c4ccon4)cc3)c2C2CCNCC2)cc1. The molecule has 0 aliphatic carbocycles. The van der Waals surface area contributed by atoms with Crippen LogP contribution >= 0.6 is 0 Å². The summed E-state index contributed by atoms with van der Waals surface area (Å²) in [6.07, 6.45) is 3.07. The number of hydrogen-bond donors (Lipinski definition) is 3. The minimum Gasteiger partial charge on any atom is -0.503 e. The van der Waals surface area contributed by atoms with Gasteiger partial charge in [-0.05, 0) is 62.3 Å². The van der Waals surface area contributed by atoms with Crippen molar-refractivity contribution < 1.29 is 24.3 Å². The van der Waals surface area contributed by atoms with Gasteiger partial charge in [0.25, 0.3) is 0 Å². The van der Waals surface area contributed by atoms with Gasteiger partial charge in [-0.1, -0.05) is 17.3 Å². The lowest BCUT2D eigenvalue weighted by atomic mass is 9.89. The van der Waals surface area contributed by atoms with Crippen molar-refractivity contribution in [1.82, 2.24) is 15.0 Å². The van der Waals surface area contributed by atoms with Crippen LogP contribution in [-0.2, 0) is 0 Å². The molecule has 1 saturated heterocycles. The number of carbonyl (C=O) groups is 1. The highest BCUT2D eigenvalue weighted by atomic mass is 16.5. The third kappa shape index (κ3) is 3.82. The first-order valence-corrected chi connectivity index (χ1v) is 11.2. The maximum atomic E-state index is 13.6. The van der Waals surface area contributed by atoms with Crippen molar-refractivity contribution in [3.8, 4) is 34.3 Å². The molecule has 0 amide bonds. The van der Waals surface area contributed by atoms with Crippen molar-refractivity contribution in [1.29, 1.82) is 0 Å². The summed E-state index contributed by atoms with van der Waals surface area (Å²) in [5.41, 5.74) is 3.35. The molecule has 1 aliphatic heterocycles. The zero-order valence-corrected chi connectivity index (χ0v) is 18.7. The number of ketones is 1. The van der Waals surface area contributed by atoms with Crippen LogP contribution in [0.2, 0.25) is 0 Å². The molecular formula is C26H25N3O5. The minimum absolute atomic E-state index is 0.0135. The summed E-state index contributed by atoms with van der Waals surface area (Å²) < 4.78 is 11.7. The largest absolute Gasteiger partial charge is 0.503 e. The summed E-state index contributed by atoms with van der Waals surface area (Å²) in [5.74, 6) is -0.483. The van der Waals surface area contributed by atoms with E-state index in [2.05, 4.69) is 10.5 Å². The lowest BCUT2D eigenvalue weighted by Gasteiger charge is -2.25. The van der Waals surface area contributed by atoms with Crippen molar-refractivity contribution in [3.63, 3.8) is 0 Å². The number of aromatic hydroxyl groups is 2. The van der Waals surface area contributed by atoms with Gasteiger partial charge in [0, 0.05) is 34.5 Å². The molecule has 0 bridgehead atoms. The second-order valence-corrected chi connectivity index (χ2v) is 8.28. The lowest BCUT2D eigenvalue weighted by Crippen LogP contribution is -2.28. The number of nitrogens with zero attached hydrogens (tertiary/aromatic N) is 2. The predicted octanol–water partition coefficient (Wildman–Crippen LogP) is 4.25. The molecule has 4 aromatic rings. The maximum absolute atomic E-state index is 13.6. The molecule has 174 valence electrons. The van der Waals surface area contributed by atoms with Crippen LogP contribution in [0.4, 0.5) is 0 Å². The van der Waals surface area contributed by atoms with E-state index in [1.807, 2.05) is 24.3 Å². The van der Waals surface area contributed by atoms with Crippen molar-refractivity contribution >= 4 is 5.78 Å². The Balaban J connectivity index is 1.63. The number of rotatable bonds is 6. The number of hydrogen-bond acceptors (Lipinski definition) is 7. The van der Waals surface area contributed by atoms with Gasteiger partial charge in [-0.3, -0.25) is 9.36 Å². The summed E-state index contributed by atoms with van der Waals surface area (Å²) in [6.45, 7) is 1.58. The Morgan fingerprint density at radius 2 is 1.76 bits per heavy atom. The first kappa shape index (κ1) is 21.8. The van der Waals surface area contributed by atoms with Crippen LogP contribution in [0, 0.1) is 0 Å². The quantitative estimate of drug-likeness (QED) is 0.370. The van der Waals surface area contributed by atoms with E-state index >= 15 is 0 Å². The molecule has 0 atom stereocenters. The van der Waals surface area contributed by atoms with Gasteiger partial charge >= 0.3 is 0 Å². The number of nitrogens with one attached hydrogen (secondary N) is 1. The number of aromatic nitrogens is 2. The van der Waals surface area contributed by atoms with E-state index < -0.39 is 5.75 Å². The van der Waals surface area contributed by atoms with Gasteiger partial charge in [-0.25, -0.2) is 0 Å². The average Bonchev–Trinajstić information content (AvgIpc) is 3.52. The third-order valence-electron chi connectivity index (χ3n) is 6.32. The van der Waals surface area contributed by atoms with Gasteiger partial charge in [0.05, 0.1) is 12.7 Å². The van der Waals surface area contributed by atoms with Gasteiger partial charge < -0.3 is 24.8 Å². The fraction of sp³-hybridized carbons (Fsp3) is 0.231. The first-order chi connectivity index (χ1) is 16.6. The molecule has 0 radical (unpaired) electrons. The second-order valence-electron chi connectivity index (χ2n) is 8.28. The standard InChI is InChI=1S/C26H25N3O5/c1-33-20-8-4-18(5-9-20)24(30)22-23(17-10-13-27-14-11-17)29(26(32)25(22)31)19-6-2-16(3-7-19)21-12-15-34-28-21/h2-9,12,15,17,27,31-32H,10-11,13-14H2,1H3. The predicted molar refractivity (Wildman–Crippen MR) is 126 cm³/mol. The molecule has 2 aromatic carbocycles. The number of benzene rings is 2. The molecule has 0 spiro atoms. The van der Waals surface area contributed by atoms with Gasteiger partial charge in [0.15, 0.2) is 11.5 Å². The van der Waals surface area contributed by atoms with Gasteiger partial charge in [0.2, 0.25) is 5.88 Å². The number of piperidine rings is 1. The molecule has 1 fully saturated rings. The van der Waals surface area contributed by atoms with Crippen molar-refractivity contribution in [2.24, 2.45) is 0 Å². The molecule has 8 heteroatoms. The summed E-state index contributed by atoms with van der Waals surface area (Å²) in [4.78, 5) is 13.6. The smallest absolute Gasteiger partial charge is 0.240 e. The highest BCUT2D eigenvalue weighted by Gasteiger charge is 2.33. The zero-order chi connectivity index (χ0) is 23.7. The molecule has 2 aromatic heterocycles. The zero-order valence-electron chi connectivity index (χ0n) is 18.7. The lowest BCUT2D eigenvalue weighted by molar-refractivity contribution is 0.103. The Morgan fingerprint density at radius 3 is 2.38 bits per heavy atom. The Bertz CT molecular complexity index is 1290. The van der Waals surface area contributed by atoms with Crippen LogP contribution in [0.1, 0.15) is 40.4 Å².